The highest BCUT2D eigenvalue weighted by Gasteiger charge is 2.19. The van der Waals surface area contributed by atoms with Gasteiger partial charge in [-0.15, -0.1) is 0 Å². The molecule has 0 bridgehead atoms. The molecule has 0 amide bonds. The minimum absolute atomic E-state index is 0.311. The van der Waals surface area contributed by atoms with Gasteiger partial charge in [0.25, 0.3) is 0 Å². The number of hydrogen-bond acceptors (Lipinski definition) is 2. The van der Waals surface area contributed by atoms with Crippen LogP contribution in [-0.4, -0.2) is 4.57 Å². The quantitative estimate of drug-likeness (QED) is 0.382. The van der Waals surface area contributed by atoms with Crippen LogP contribution in [0.15, 0.2) is 94.3 Å². The predicted octanol–water partition coefficient (Wildman–Crippen LogP) is 5.71. The first-order chi connectivity index (χ1) is 13.2. The Balaban J connectivity index is 1.97. The average Bonchev–Trinajstić information content (AvgIpc) is 3.11. The summed E-state index contributed by atoms with van der Waals surface area (Å²) < 4.78 is 7.73. The normalized spacial score (nSPS) is 11.3. The van der Waals surface area contributed by atoms with E-state index in [4.69, 9.17) is 4.42 Å². The molecule has 0 N–H and O–H groups in total. The fourth-order valence-corrected chi connectivity index (χ4v) is 3.62. The van der Waals surface area contributed by atoms with Crippen LogP contribution in [0.25, 0.3) is 38.7 Å². The van der Waals surface area contributed by atoms with Crippen LogP contribution in [0, 0.1) is 6.92 Å². The molecule has 0 saturated heterocycles. The van der Waals surface area contributed by atoms with Crippen LogP contribution in [0.2, 0.25) is 0 Å². The van der Waals surface area contributed by atoms with Crippen LogP contribution in [0.5, 0.6) is 0 Å². The average molecular weight is 351 g/mol. The van der Waals surface area contributed by atoms with Crippen LogP contribution in [0.1, 0.15) is 5.56 Å². The highest BCUT2D eigenvalue weighted by Crippen LogP contribution is 2.34. The number of fused-ring (bicyclic) bond motifs is 3. The lowest BCUT2D eigenvalue weighted by atomic mass is 10.0. The zero-order valence-electron chi connectivity index (χ0n) is 14.8. The smallest absolute Gasteiger partial charge is 0.346 e. The molecule has 27 heavy (non-hydrogen) atoms. The Labute approximate surface area is 156 Å². The lowest BCUT2D eigenvalue weighted by molar-refractivity contribution is 0.570. The second-order valence-corrected chi connectivity index (χ2v) is 6.72. The number of para-hydroxylation sites is 2. The maximum Gasteiger partial charge on any atom is 0.346 e. The summed E-state index contributed by atoms with van der Waals surface area (Å²) in [4.78, 5) is 12.9. The van der Waals surface area contributed by atoms with Crippen molar-refractivity contribution in [3.05, 3.63) is 101 Å². The molecule has 0 aliphatic carbocycles. The summed E-state index contributed by atoms with van der Waals surface area (Å²) in [6, 6.07) is 26.0. The maximum atomic E-state index is 12.9. The number of benzene rings is 3. The van der Waals surface area contributed by atoms with E-state index in [0.717, 1.165) is 27.7 Å². The molecule has 0 saturated carbocycles. The van der Waals surface area contributed by atoms with Crippen molar-refractivity contribution in [1.82, 2.24) is 4.57 Å². The Morgan fingerprint density at radius 2 is 1.52 bits per heavy atom. The SMILES string of the molecule is Cc1ccc(-c2cn(-c3ccccc3)c3c2c(=O)oc2ccccc23)cc1. The third-order valence-electron chi connectivity index (χ3n) is 4.95. The summed E-state index contributed by atoms with van der Waals surface area (Å²) in [6.07, 6.45) is 2.04. The van der Waals surface area contributed by atoms with Gasteiger partial charge in [-0.05, 0) is 36.8 Å². The van der Waals surface area contributed by atoms with E-state index in [1.807, 2.05) is 72.9 Å². The number of nitrogens with zero attached hydrogens (tertiary/aromatic N) is 1. The molecule has 0 radical (unpaired) electrons. The van der Waals surface area contributed by atoms with Gasteiger partial charge in [0.2, 0.25) is 0 Å². The van der Waals surface area contributed by atoms with Gasteiger partial charge < -0.3 is 8.98 Å². The van der Waals surface area contributed by atoms with E-state index in [0.29, 0.717) is 11.0 Å². The zero-order chi connectivity index (χ0) is 18.4. The van der Waals surface area contributed by atoms with Crippen LogP contribution in [0.3, 0.4) is 0 Å². The van der Waals surface area contributed by atoms with E-state index in [-0.39, 0.29) is 5.63 Å². The van der Waals surface area contributed by atoms with Crippen LogP contribution in [0.4, 0.5) is 0 Å². The van der Waals surface area contributed by atoms with Crippen LogP contribution in [-0.2, 0) is 0 Å². The molecule has 130 valence electrons. The second-order valence-electron chi connectivity index (χ2n) is 6.72. The van der Waals surface area contributed by atoms with Gasteiger partial charge in [-0.25, -0.2) is 4.79 Å². The summed E-state index contributed by atoms with van der Waals surface area (Å²) in [5.41, 5.74) is 5.24. The van der Waals surface area contributed by atoms with Crippen LogP contribution >= 0.6 is 0 Å². The number of aromatic nitrogens is 1. The molecule has 3 nitrogen and oxygen atoms in total. The molecule has 5 aromatic rings. The van der Waals surface area contributed by atoms with E-state index >= 15 is 0 Å². The van der Waals surface area contributed by atoms with Crippen molar-refractivity contribution in [3.8, 4) is 16.8 Å². The highest BCUT2D eigenvalue weighted by molar-refractivity contribution is 6.09. The fourth-order valence-electron chi connectivity index (χ4n) is 3.62. The van der Waals surface area contributed by atoms with Gasteiger partial charge in [-0.2, -0.15) is 0 Å². The van der Waals surface area contributed by atoms with Gasteiger partial charge in [-0.3, -0.25) is 0 Å². The molecule has 0 fully saturated rings. The molecule has 0 aliphatic heterocycles. The molecule has 0 atom stereocenters. The van der Waals surface area contributed by atoms with Crippen LogP contribution < -0.4 is 5.63 Å². The number of aryl methyl sites for hydroxylation is 1. The van der Waals surface area contributed by atoms with Gasteiger partial charge in [0, 0.05) is 22.8 Å². The van der Waals surface area contributed by atoms with Gasteiger partial charge in [-0.1, -0.05) is 60.2 Å². The summed E-state index contributed by atoms with van der Waals surface area (Å²) in [5.74, 6) is 0. The topological polar surface area (TPSA) is 35.1 Å². The Hall–Kier alpha value is -3.59. The molecule has 3 aromatic carbocycles. The summed E-state index contributed by atoms with van der Waals surface area (Å²) in [7, 11) is 0. The van der Waals surface area contributed by atoms with Crippen molar-refractivity contribution < 1.29 is 4.42 Å². The van der Waals surface area contributed by atoms with Crippen molar-refractivity contribution in [3.63, 3.8) is 0 Å². The Bertz CT molecular complexity index is 1330. The standard InChI is InChI=1S/C24H17NO2/c1-16-11-13-17(14-12-16)20-15-25(18-7-3-2-4-8-18)23-19-9-5-6-10-21(19)27-24(26)22(20)23/h2-15H,1H3. The Morgan fingerprint density at radius 1 is 0.815 bits per heavy atom. The molecular weight excluding hydrogens is 334 g/mol. The summed E-state index contributed by atoms with van der Waals surface area (Å²) in [5, 5.41) is 1.54. The lowest BCUT2D eigenvalue weighted by Crippen LogP contribution is -2.01. The highest BCUT2D eigenvalue weighted by atomic mass is 16.4. The van der Waals surface area contributed by atoms with Gasteiger partial charge in [0.1, 0.15) is 5.58 Å². The van der Waals surface area contributed by atoms with E-state index in [1.54, 1.807) is 0 Å². The number of rotatable bonds is 2. The van der Waals surface area contributed by atoms with Gasteiger partial charge in [0.05, 0.1) is 10.9 Å². The number of hydrogen-bond donors (Lipinski definition) is 0. The van der Waals surface area contributed by atoms with E-state index in [2.05, 4.69) is 23.6 Å². The third-order valence-corrected chi connectivity index (χ3v) is 4.95. The maximum absolute atomic E-state index is 12.9. The molecule has 0 aliphatic rings. The van der Waals surface area contributed by atoms with Gasteiger partial charge >= 0.3 is 5.63 Å². The Morgan fingerprint density at radius 3 is 2.30 bits per heavy atom. The van der Waals surface area contributed by atoms with E-state index in [1.165, 1.54) is 5.56 Å². The first-order valence-corrected chi connectivity index (χ1v) is 8.92. The monoisotopic (exact) mass is 351 g/mol. The van der Waals surface area contributed by atoms with E-state index < -0.39 is 0 Å². The van der Waals surface area contributed by atoms with Crippen molar-refractivity contribution in [2.75, 3.05) is 0 Å². The first-order valence-electron chi connectivity index (χ1n) is 8.92. The van der Waals surface area contributed by atoms with Crippen molar-refractivity contribution in [2.24, 2.45) is 0 Å². The zero-order valence-corrected chi connectivity index (χ0v) is 14.8. The minimum Gasteiger partial charge on any atom is -0.422 e. The molecule has 2 heterocycles. The van der Waals surface area contributed by atoms with E-state index in [9.17, 15) is 4.79 Å². The lowest BCUT2D eigenvalue weighted by Gasteiger charge is -2.06. The molecule has 0 unspecified atom stereocenters. The van der Waals surface area contributed by atoms with Crippen molar-refractivity contribution in [1.29, 1.82) is 0 Å². The molecule has 0 spiro atoms. The summed E-state index contributed by atoms with van der Waals surface area (Å²) in [6.45, 7) is 2.05. The molecule has 2 aromatic heterocycles. The fraction of sp³-hybridized carbons (Fsp3) is 0.0417. The van der Waals surface area contributed by atoms with Crippen molar-refractivity contribution >= 4 is 21.9 Å². The first kappa shape index (κ1) is 15.6. The minimum atomic E-state index is -0.311. The van der Waals surface area contributed by atoms with Gasteiger partial charge in [0.15, 0.2) is 0 Å². The summed E-state index contributed by atoms with van der Waals surface area (Å²) >= 11 is 0. The second kappa shape index (κ2) is 5.99. The molecular formula is C24H17NO2. The molecule has 5 rings (SSSR count). The Kier molecular flexibility index (Phi) is 3.47. The largest absolute Gasteiger partial charge is 0.422 e. The molecule has 3 heteroatoms. The van der Waals surface area contributed by atoms with Crippen molar-refractivity contribution in [2.45, 2.75) is 6.92 Å². The predicted molar refractivity (Wildman–Crippen MR) is 109 cm³/mol. The third kappa shape index (κ3) is 2.48.